The van der Waals surface area contributed by atoms with Crippen molar-refractivity contribution in [3.8, 4) is 0 Å². The van der Waals surface area contributed by atoms with Gasteiger partial charge in [-0.05, 0) is 56.5 Å². The fraction of sp³-hybridized carbons (Fsp3) is 0.400. The van der Waals surface area contributed by atoms with Gasteiger partial charge in [-0.3, -0.25) is 4.79 Å². The Morgan fingerprint density at radius 2 is 1.90 bits per heavy atom. The molecular weight excluding hydrogens is 410 g/mol. The molecule has 1 aromatic heterocycles. The summed E-state index contributed by atoms with van der Waals surface area (Å²) >= 11 is 6.03. The van der Waals surface area contributed by atoms with Gasteiger partial charge in [-0.25, -0.2) is 0 Å². The van der Waals surface area contributed by atoms with E-state index < -0.39 is 6.10 Å². The molecule has 0 saturated carbocycles. The minimum absolute atomic E-state index is 0.0687. The number of amides is 1. The summed E-state index contributed by atoms with van der Waals surface area (Å²) < 4.78 is 2.05. The molecule has 0 spiro atoms. The standard InChI is InChI=1S/C25H32ClN3O2/c1-5-29(6-2)25(31)22-12-8-11-21-19(16-28(4)24(21)22)13-17(3)27-15-23(30)18-9-7-10-20(26)14-18/h7-12,14,16-17,23,27,30H,5-6,13,15H2,1-4H3/t17-,23+/m1/s1. The molecule has 0 aliphatic carbocycles. The van der Waals surface area contributed by atoms with Crippen molar-refractivity contribution in [2.24, 2.45) is 7.05 Å². The van der Waals surface area contributed by atoms with Crippen LogP contribution in [-0.4, -0.2) is 46.2 Å². The van der Waals surface area contributed by atoms with Gasteiger partial charge in [0.25, 0.3) is 5.91 Å². The van der Waals surface area contributed by atoms with Gasteiger partial charge < -0.3 is 19.9 Å². The number of rotatable bonds is 9. The first-order valence-corrected chi connectivity index (χ1v) is 11.3. The summed E-state index contributed by atoms with van der Waals surface area (Å²) in [4.78, 5) is 14.9. The molecule has 5 nitrogen and oxygen atoms in total. The van der Waals surface area contributed by atoms with Crippen LogP contribution in [0.5, 0.6) is 0 Å². The van der Waals surface area contributed by atoms with E-state index in [1.807, 2.05) is 50.1 Å². The third kappa shape index (κ3) is 5.29. The molecule has 2 atom stereocenters. The van der Waals surface area contributed by atoms with Crippen LogP contribution in [0.1, 0.15) is 48.4 Å². The maximum atomic E-state index is 13.0. The molecule has 166 valence electrons. The number of aliphatic hydroxyl groups is 1. The Morgan fingerprint density at radius 3 is 2.58 bits per heavy atom. The molecule has 2 N–H and O–H groups in total. The van der Waals surface area contributed by atoms with Crippen LogP contribution in [-0.2, 0) is 13.5 Å². The summed E-state index contributed by atoms with van der Waals surface area (Å²) in [6, 6.07) is 13.4. The number of para-hydroxylation sites is 1. The van der Waals surface area contributed by atoms with Crippen molar-refractivity contribution in [2.45, 2.75) is 39.3 Å². The van der Waals surface area contributed by atoms with Crippen molar-refractivity contribution in [3.63, 3.8) is 0 Å². The van der Waals surface area contributed by atoms with Crippen molar-refractivity contribution in [3.05, 3.63) is 70.4 Å². The van der Waals surface area contributed by atoms with Gasteiger partial charge in [-0.1, -0.05) is 35.9 Å². The molecule has 0 bridgehead atoms. The van der Waals surface area contributed by atoms with Crippen LogP contribution in [0.25, 0.3) is 10.9 Å². The molecule has 31 heavy (non-hydrogen) atoms. The lowest BCUT2D eigenvalue weighted by Gasteiger charge is -2.19. The average Bonchev–Trinajstić information content (AvgIpc) is 3.08. The molecule has 3 rings (SSSR count). The van der Waals surface area contributed by atoms with Crippen LogP contribution in [0, 0.1) is 0 Å². The molecule has 1 heterocycles. The molecular formula is C25H32ClN3O2. The lowest BCUT2D eigenvalue weighted by atomic mass is 10.0. The lowest BCUT2D eigenvalue weighted by Crippen LogP contribution is -2.32. The quantitative estimate of drug-likeness (QED) is 0.511. The molecule has 0 saturated heterocycles. The predicted molar refractivity (Wildman–Crippen MR) is 128 cm³/mol. The number of aromatic nitrogens is 1. The minimum atomic E-state index is -0.619. The molecule has 0 unspecified atom stereocenters. The Hall–Kier alpha value is -2.34. The van der Waals surface area contributed by atoms with Gasteiger partial charge in [-0.15, -0.1) is 0 Å². The van der Waals surface area contributed by atoms with Gasteiger partial charge in [-0.2, -0.15) is 0 Å². The second kappa shape index (κ2) is 10.3. The number of carbonyl (C=O) groups is 1. The first kappa shape index (κ1) is 23.3. The van der Waals surface area contributed by atoms with Crippen molar-refractivity contribution >= 4 is 28.4 Å². The average molecular weight is 442 g/mol. The van der Waals surface area contributed by atoms with Crippen molar-refractivity contribution in [1.29, 1.82) is 0 Å². The summed E-state index contributed by atoms with van der Waals surface area (Å²) in [7, 11) is 1.99. The Morgan fingerprint density at radius 1 is 1.19 bits per heavy atom. The van der Waals surface area contributed by atoms with Gasteiger partial charge in [0.15, 0.2) is 0 Å². The second-order valence-electron chi connectivity index (χ2n) is 8.03. The molecule has 0 fully saturated rings. The van der Waals surface area contributed by atoms with E-state index >= 15 is 0 Å². The van der Waals surface area contributed by atoms with E-state index in [4.69, 9.17) is 11.6 Å². The van der Waals surface area contributed by atoms with Crippen LogP contribution in [0.2, 0.25) is 5.02 Å². The summed E-state index contributed by atoms with van der Waals surface area (Å²) in [5.74, 6) is 0.0687. The van der Waals surface area contributed by atoms with Crippen molar-refractivity contribution in [1.82, 2.24) is 14.8 Å². The van der Waals surface area contributed by atoms with Gasteiger partial charge in [0.05, 0.1) is 17.2 Å². The number of aliphatic hydroxyl groups excluding tert-OH is 1. The van der Waals surface area contributed by atoms with E-state index in [0.717, 1.165) is 28.5 Å². The first-order valence-electron chi connectivity index (χ1n) is 10.9. The summed E-state index contributed by atoms with van der Waals surface area (Å²) in [5, 5.41) is 15.6. The molecule has 2 aromatic carbocycles. The lowest BCUT2D eigenvalue weighted by molar-refractivity contribution is 0.0774. The van der Waals surface area contributed by atoms with Crippen LogP contribution in [0.3, 0.4) is 0 Å². The molecule has 0 radical (unpaired) electrons. The fourth-order valence-corrected chi connectivity index (χ4v) is 4.31. The number of hydrogen-bond donors (Lipinski definition) is 2. The Balaban J connectivity index is 1.74. The summed E-state index contributed by atoms with van der Waals surface area (Å²) in [6.07, 6.45) is 2.28. The number of nitrogens with zero attached hydrogens (tertiary/aromatic N) is 2. The first-order chi connectivity index (χ1) is 14.8. The van der Waals surface area contributed by atoms with Crippen molar-refractivity contribution < 1.29 is 9.90 Å². The van der Waals surface area contributed by atoms with E-state index in [1.165, 1.54) is 5.56 Å². The van der Waals surface area contributed by atoms with E-state index in [1.54, 1.807) is 12.1 Å². The van der Waals surface area contributed by atoms with E-state index in [9.17, 15) is 9.90 Å². The number of aryl methyl sites for hydroxylation is 1. The Kier molecular flexibility index (Phi) is 7.76. The molecule has 1 amide bonds. The van der Waals surface area contributed by atoms with Gasteiger partial charge in [0.2, 0.25) is 0 Å². The normalized spacial score (nSPS) is 13.4. The number of carbonyl (C=O) groups excluding carboxylic acids is 1. The van der Waals surface area contributed by atoms with E-state index in [0.29, 0.717) is 24.7 Å². The topological polar surface area (TPSA) is 57.5 Å². The zero-order valence-corrected chi connectivity index (χ0v) is 19.5. The third-order valence-electron chi connectivity index (χ3n) is 5.78. The highest BCUT2D eigenvalue weighted by molar-refractivity contribution is 6.30. The maximum absolute atomic E-state index is 13.0. The fourth-order valence-electron chi connectivity index (χ4n) is 4.11. The van der Waals surface area contributed by atoms with Crippen LogP contribution in [0.15, 0.2) is 48.7 Å². The molecule has 6 heteroatoms. The monoisotopic (exact) mass is 441 g/mol. The Bertz CT molecular complexity index is 1040. The number of nitrogens with one attached hydrogen (secondary N) is 1. The van der Waals surface area contributed by atoms with Gasteiger partial charge >= 0.3 is 0 Å². The zero-order chi connectivity index (χ0) is 22.5. The number of benzene rings is 2. The zero-order valence-electron chi connectivity index (χ0n) is 18.7. The SMILES string of the molecule is CCN(CC)C(=O)c1cccc2c(C[C@@H](C)NC[C@H](O)c3cccc(Cl)c3)cn(C)c12. The van der Waals surface area contributed by atoms with Crippen LogP contribution in [0.4, 0.5) is 0 Å². The number of fused-ring (bicyclic) bond motifs is 1. The van der Waals surface area contributed by atoms with Crippen LogP contribution >= 0.6 is 11.6 Å². The smallest absolute Gasteiger partial charge is 0.255 e. The Labute approximate surface area is 189 Å². The van der Waals surface area contributed by atoms with E-state index in [2.05, 4.69) is 29.1 Å². The third-order valence-corrected chi connectivity index (χ3v) is 6.02. The van der Waals surface area contributed by atoms with Crippen molar-refractivity contribution in [2.75, 3.05) is 19.6 Å². The predicted octanol–water partition coefficient (Wildman–Crippen LogP) is 4.57. The maximum Gasteiger partial charge on any atom is 0.255 e. The number of halogens is 1. The highest BCUT2D eigenvalue weighted by Crippen LogP contribution is 2.26. The number of hydrogen-bond acceptors (Lipinski definition) is 3. The largest absolute Gasteiger partial charge is 0.387 e. The van der Waals surface area contributed by atoms with E-state index in [-0.39, 0.29) is 11.9 Å². The molecule has 0 aliphatic heterocycles. The summed E-state index contributed by atoms with van der Waals surface area (Å²) in [5.41, 5.74) is 3.70. The highest BCUT2D eigenvalue weighted by Gasteiger charge is 2.20. The molecule has 3 aromatic rings. The van der Waals surface area contributed by atoms with Crippen LogP contribution < -0.4 is 5.32 Å². The second-order valence-corrected chi connectivity index (χ2v) is 8.47. The molecule has 0 aliphatic rings. The van der Waals surface area contributed by atoms with Gasteiger partial charge in [0.1, 0.15) is 0 Å². The van der Waals surface area contributed by atoms with Gasteiger partial charge in [0, 0.05) is 49.3 Å². The minimum Gasteiger partial charge on any atom is -0.387 e. The highest BCUT2D eigenvalue weighted by atomic mass is 35.5. The summed E-state index contributed by atoms with van der Waals surface area (Å²) in [6.45, 7) is 7.94.